The van der Waals surface area contributed by atoms with Crippen LogP contribution in [0.3, 0.4) is 0 Å². The van der Waals surface area contributed by atoms with Crippen molar-refractivity contribution < 1.29 is 9.53 Å². The topological polar surface area (TPSA) is 55.0 Å². The second-order valence-corrected chi connectivity index (χ2v) is 2.61. The number of H-pyrrole nitrogens is 1. The van der Waals surface area contributed by atoms with Crippen LogP contribution in [0.1, 0.15) is 10.5 Å². The van der Waals surface area contributed by atoms with Gasteiger partial charge >= 0.3 is 0 Å². The van der Waals surface area contributed by atoms with Gasteiger partial charge in [0, 0.05) is 5.39 Å². The number of carbonyl (C=O) groups is 1. The predicted octanol–water partition coefficient (Wildman–Crippen LogP) is 1.38. The first-order chi connectivity index (χ1) is 6.36. The fraction of sp³-hybridized carbons (Fsp3) is 0.111. The van der Waals surface area contributed by atoms with E-state index in [1.807, 2.05) is 12.1 Å². The van der Waals surface area contributed by atoms with Crippen LogP contribution >= 0.6 is 0 Å². The Hall–Kier alpha value is -1.84. The van der Waals surface area contributed by atoms with E-state index in [1.165, 1.54) is 0 Å². The zero-order valence-electron chi connectivity index (χ0n) is 7.07. The summed E-state index contributed by atoms with van der Waals surface area (Å²) < 4.78 is 5.09. The summed E-state index contributed by atoms with van der Waals surface area (Å²) in [4.78, 5) is 10.6. The number of methoxy groups -OCH3 is 1. The number of aromatic nitrogens is 2. The first-order valence-corrected chi connectivity index (χ1v) is 3.83. The molecule has 0 radical (unpaired) electrons. The van der Waals surface area contributed by atoms with Gasteiger partial charge in [-0.1, -0.05) is 12.1 Å². The van der Waals surface area contributed by atoms with Crippen molar-refractivity contribution >= 4 is 17.2 Å². The van der Waals surface area contributed by atoms with Crippen molar-refractivity contribution in [1.29, 1.82) is 0 Å². The Morgan fingerprint density at radius 2 is 2.38 bits per heavy atom. The van der Waals surface area contributed by atoms with E-state index in [4.69, 9.17) is 4.74 Å². The zero-order valence-corrected chi connectivity index (χ0v) is 7.07. The monoisotopic (exact) mass is 176 g/mol. The van der Waals surface area contributed by atoms with Crippen LogP contribution in [0.5, 0.6) is 5.75 Å². The second-order valence-electron chi connectivity index (χ2n) is 2.61. The number of benzene rings is 1. The number of aromatic amines is 1. The van der Waals surface area contributed by atoms with E-state index in [0.29, 0.717) is 17.0 Å². The number of rotatable bonds is 2. The molecule has 0 bridgehead atoms. The molecule has 13 heavy (non-hydrogen) atoms. The van der Waals surface area contributed by atoms with Crippen LogP contribution in [0.15, 0.2) is 18.2 Å². The molecule has 1 heterocycles. The van der Waals surface area contributed by atoms with E-state index in [2.05, 4.69) is 10.2 Å². The van der Waals surface area contributed by atoms with Gasteiger partial charge in [-0.2, -0.15) is 5.10 Å². The van der Waals surface area contributed by atoms with Crippen molar-refractivity contribution in [1.82, 2.24) is 10.2 Å². The van der Waals surface area contributed by atoms with Gasteiger partial charge in [-0.15, -0.1) is 0 Å². The summed E-state index contributed by atoms with van der Waals surface area (Å²) in [5.41, 5.74) is 1.17. The van der Waals surface area contributed by atoms with Gasteiger partial charge in [0.1, 0.15) is 17.0 Å². The van der Waals surface area contributed by atoms with Gasteiger partial charge in [-0.3, -0.25) is 9.89 Å². The van der Waals surface area contributed by atoms with E-state index in [-0.39, 0.29) is 0 Å². The number of nitrogens with zero attached hydrogens (tertiary/aromatic N) is 1. The molecule has 0 aliphatic rings. The molecule has 0 atom stereocenters. The van der Waals surface area contributed by atoms with E-state index >= 15 is 0 Å². The molecule has 4 heteroatoms. The molecule has 1 aromatic carbocycles. The molecule has 66 valence electrons. The summed E-state index contributed by atoms with van der Waals surface area (Å²) in [5, 5.41) is 7.41. The van der Waals surface area contributed by atoms with Crippen molar-refractivity contribution in [2.75, 3.05) is 7.11 Å². The third-order valence-corrected chi connectivity index (χ3v) is 1.92. The van der Waals surface area contributed by atoms with Crippen molar-refractivity contribution in [3.05, 3.63) is 23.9 Å². The van der Waals surface area contributed by atoms with Crippen LogP contribution in [0.25, 0.3) is 10.9 Å². The minimum Gasteiger partial charge on any atom is -0.494 e. The second kappa shape index (κ2) is 2.90. The average molecular weight is 176 g/mol. The number of aldehydes is 1. The molecule has 0 spiro atoms. The smallest absolute Gasteiger partial charge is 0.168 e. The SMILES string of the molecule is COc1cccc2c(C=O)[nH]nc12. The molecule has 0 amide bonds. The van der Waals surface area contributed by atoms with E-state index in [0.717, 1.165) is 11.7 Å². The summed E-state index contributed by atoms with van der Waals surface area (Å²) in [6, 6.07) is 5.45. The highest BCUT2D eigenvalue weighted by Crippen LogP contribution is 2.24. The number of para-hydroxylation sites is 1. The molecule has 0 aliphatic heterocycles. The molecular weight excluding hydrogens is 168 g/mol. The summed E-state index contributed by atoms with van der Waals surface area (Å²) in [6.07, 6.45) is 0.745. The predicted molar refractivity (Wildman–Crippen MR) is 48.0 cm³/mol. The molecule has 0 saturated heterocycles. The molecule has 0 fully saturated rings. The minimum atomic E-state index is 0.480. The standard InChI is InChI=1S/C9H8N2O2/c1-13-8-4-2-3-6-7(5-12)10-11-9(6)8/h2-5H,1H3,(H,10,11). The van der Waals surface area contributed by atoms with Gasteiger partial charge in [0.15, 0.2) is 6.29 Å². The Labute approximate surface area is 74.5 Å². The van der Waals surface area contributed by atoms with Crippen molar-refractivity contribution in [2.24, 2.45) is 0 Å². The molecule has 0 unspecified atom stereocenters. The Morgan fingerprint density at radius 3 is 3.08 bits per heavy atom. The number of hydrogen-bond donors (Lipinski definition) is 1. The van der Waals surface area contributed by atoms with E-state index in [9.17, 15) is 4.79 Å². The molecule has 4 nitrogen and oxygen atoms in total. The maximum absolute atomic E-state index is 10.6. The maximum atomic E-state index is 10.6. The molecule has 2 aromatic rings. The number of nitrogens with one attached hydrogen (secondary N) is 1. The van der Waals surface area contributed by atoms with E-state index < -0.39 is 0 Å². The van der Waals surface area contributed by atoms with Crippen LogP contribution in [0, 0.1) is 0 Å². The summed E-state index contributed by atoms with van der Waals surface area (Å²) in [6.45, 7) is 0. The van der Waals surface area contributed by atoms with Gasteiger partial charge in [-0.05, 0) is 6.07 Å². The molecule has 0 aliphatic carbocycles. The molecule has 2 rings (SSSR count). The average Bonchev–Trinajstić information content (AvgIpc) is 2.60. The summed E-state index contributed by atoms with van der Waals surface area (Å²) >= 11 is 0. The van der Waals surface area contributed by atoms with Gasteiger partial charge in [0.05, 0.1) is 7.11 Å². The molecular formula is C9H8N2O2. The minimum absolute atomic E-state index is 0.480. The van der Waals surface area contributed by atoms with Gasteiger partial charge in [0.2, 0.25) is 0 Å². The first-order valence-electron chi connectivity index (χ1n) is 3.83. The summed E-state index contributed by atoms with van der Waals surface area (Å²) in [7, 11) is 1.57. The third kappa shape index (κ3) is 1.07. The van der Waals surface area contributed by atoms with Crippen LogP contribution in [-0.2, 0) is 0 Å². The van der Waals surface area contributed by atoms with Crippen LogP contribution in [-0.4, -0.2) is 23.6 Å². The van der Waals surface area contributed by atoms with E-state index in [1.54, 1.807) is 13.2 Å². The fourth-order valence-corrected chi connectivity index (χ4v) is 1.29. The number of carbonyl (C=O) groups excluding carboxylic acids is 1. The Balaban J connectivity index is 2.79. The lowest BCUT2D eigenvalue weighted by molar-refractivity contribution is 0.112. The lowest BCUT2D eigenvalue weighted by Crippen LogP contribution is -1.83. The summed E-state index contributed by atoms with van der Waals surface area (Å²) in [5.74, 6) is 0.668. The van der Waals surface area contributed by atoms with Crippen LogP contribution in [0.4, 0.5) is 0 Å². The van der Waals surface area contributed by atoms with Gasteiger partial charge in [-0.25, -0.2) is 0 Å². The Bertz CT molecular complexity index is 448. The van der Waals surface area contributed by atoms with Gasteiger partial charge in [0.25, 0.3) is 0 Å². The quantitative estimate of drug-likeness (QED) is 0.703. The fourth-order valence-electron chi connectivity index (χ4n) is 1.29. The molecule has 0 saturated carbocycles. The van der Waals surface area contributed by atoms with Crippen molar-refractivity contribution in [2.45, 2.75) is 0 Å². The van der Waals surface area contributed by atoms with Crippen molar-refractivity contribution in [3.63, 3.8) is 0 Å². The van der Waals surface area contributed by atoms with Crippen molar-refractivity contribution in [3.8, 4) is 5.75 Å². The third-order valence-electron chi connectivity index (χ3n) is 1.92. The number of hydrogen-bond acceptors (Lipinski definition) is 3. The Morgan fingerprint density at radius 1 is 1.54 bits per heavy atom. The lowest BCUT2D eigenvalue weighted by atomic mass is 10.2. The highest BCUT2D eigenvalue weighted by atomic mass is 16.5. The normalized spacial score (nSPS) is 10.2. The van der Waals surface area contributed by atoms with Crippen LogP contribution in [0.2, 0.25) is 0 Å². The lowest BCUT2D eigenvalue weighted by Gasteiger charge is -1.98. The largest absolute Gasteiger partial charge is 0.494 e. The molecule has 1 aromatic heterocycles. The van der Waals surface area contributed by atoms with Gasteiger partial charge < -0.3 is 4.74 Å². The highest BCUT2D eigenvalue weighted by molar-refractivity contribution is 5.97. The number of ether oxygens (including phenoxy) is 1. The maximum Gasteiger partial charge on any atom is 0.168 e. The highest BCUT2D eigenvalue weighted by Gasteiger charge is 2.07. The van der Waals surface area contributed by atoms with Crippen LogP contribution < -0.4 is 4.74 Å². The Kier molecular flexibility index (Phi) is 1.73. The first kappa shape index (κ1) is 7.79. The zero-order chi connectivity index (χ0) is 9.26. The number of fused-ring (bicyclic) bond motifs is 1. The molecule has 1 N–H and O–H groups in total.